The van der Waals surface area contributed by atoms with Gasteiger partial charge in [-0.3, -0.25) is 0 Å². The Kier molecular flexibility index (Phi) is 6.97. The van der Waals surface area contributed by atoms with Crippen molar-refractivity contribution in [2.24, 2.45) is 0 Å². The largest absolute Gasteiger partial charge is 0.443 e. The number of carbonyl (C=O) groups excluding carboxylic acids is 2. The van der Waals surface area contributed by atoms with Crippen LogP contribution in [-0.4, -0.2) is 26.2 Å². The Bertz CT molecular complexity index is 575. The highest BCUT2D eigenvalue weighted by molar-refractivity contribution is 8.13. The molecular formula is C12H14ClNO6S. The van der Waals surface area contributed by atoms with Crippen molar-refractivity contribution in [1.82, 2.24) is 5.48 Å². The summed E-state index contributed by atoms with van der Waals surface area (Å²) in [7, 11) is 1.34. The molecule has 0 aliphatic carbocycles. The normalized spacial score (nSPS) is 10.7. The van der Waals surface area contributed by atoms with Crippen LogP contribution in [0.2, 0.25) is 0 Å². The standard InChI is InChI=1S/C12H14ClNO6S/c13-21(17,18)8-4-7-11(15)20-14-12(16)19-9-10-5-2-1-3-6-10/h1-3,5-6H,4,7-9H2,(H,14,16). The average Bonchev–Trinajstić information content (AvgIpc) is 2.42. The molecule has 1 aromatic rings. The van der Waals surface area contributed by atoms with Crippen LogP contribution in [0, 0.1) is 0 Å². The Balaban J connectivity index is 2.16. The van der Waals surface area contributed by atoms with Crippen LogP contribution in [0.15, 0.2) is 30.3 Å². The van der Waals surface area contributed by atoms with Crippen molar-refractivity contribution in [3.05, 3.63) is 35.9 Å². The molecule has 1 aromatic carbocycles. The molecular weight excluding hydrogens is 322 g/mol. The van der Waals surface area contributed by atoms with Gasteiger partial charge in [-0.15, -0.1) is 5.48 Å². The van der Waals surface area contributed by atoms with Crippen molar-refractivity contribution in [2.45, 2.75) is 19.4 Å². The van der Waals surface area contributed by atoms with E-state index >= 15 is 0 Å². The van der Waals surface area contributed by atoms with Crippen LogP contribution in [0.1, 0.15) is 18.4 Å². The van der Waals surface area contributed by atoms with Gasteiger partial charge in [0.05, 0.1) is 5.75 Å². The highest BCUT2D eigenvalue weighted by Crippen LogP contribution is 2.03. The Hall–Kier alpha value is -1.80. The molecule has 7 nitrogen and oxygen atoms in total. The fourth-order valence-electron chi connectivity index (χ4n) is 1.29. The van der Waals surface area contributed by atoms with Crippen molar-refractivity contribution < 1.29 is 27.6 Å². The Morgan fingerprint density at radius 3 is 2.48 bits per heavy atom. The molecule has 0 saturated carbocycles. The molecule has 0 spiro atoms. The summed E-state index contributed by atoms with van der Waals surface area (Å²) >= 11 is 0. The van der Waals surface area contributed by atoms with Crippen LogP contribution in [0.3, 0.4) is 0 Å². The second kappa shape index (κ2) is 8.48. The van der Waals surface area contributed by atoms with Gasteiger partial charge in [-0.1, -0.05) is 30.3 Å². The molecule has 1 N–H and O–H groups in total. The van der Waals surface area contributed by atoms with E-state index in [4.69, 9.17) is 15.4 Å². The predicted octanol–water partition coefficient (Wildman–Crippen LogP) is 1.72. The third-order valence-corrected chi connectivity index (χ3v) is 3.47. The van der Waals surface area contributed by atoms with E-state index in [1.807, 2.05) is 11.5 Å². The maximum atomic E-state index is 11.2. The minimum Gasteiger partial charge on any atom is -0.443 e. The van der Waals surface area contributed by atoms with Gasteiger partial charge in [0.25, 0.3) is 0 Å². The van der Waals surface area contributed by atoms with E-state index in [0.717, 1.165) is 5.56 Å². The summed E-state index contributed by atoms with van der Waals surface area (Å²) in [5.41, 5.74) is 2.59. The quantitative estimate of drug-likeness (QED) is 0.627. The second-order valence-electron chi connectivity index (χ2n) is 3.98. The van der Waals surface area contributed by atoms with Crippen LogP contribution in [0.4, 0.5) is 4.79 Å². The monoisotopic (exact) mass is 335 g/mol. The number of carbonyl (C=O) groups is 2. The van der Waals surface area contributed by atoms with Crippen molar-refractivity contribution in [3.63, 3.8) is 0 Å². The summed E-state index contributed by atoms with van der Waals surface area (Å²) in [6.07, 6.45) is -1.10. The highest BCUT2D eigenvalue weighted by Gasteiger charge is 2.11. The van der Waals surface area contributed by atoms with Gasteiger partial charge in [0, 0.05) is 17.1 Å². The lowest BCUT2D eigenvalue weighted by molar-refractivity contribution is -0.149. The number of rotatable bonds is 6. The van der Waals surface area contributed by atoms with E-state index in [0.29, 0.717) is 0 Å². The molecule has 0 atom stereocenters. The number of amides is 1. The van der Waals surface area contributed by atoms with Gasteiger partial charge in [-0.05, 0) is 12.0 Å². The first kappa shape index (κ1) is 17.3. The van der Waals surface area contributed by atoms with Crippen LogP contribution >= 0.6 is 10.7 Å². The Labute approximate surface area is 126 Å². The van der Waals surface area contributed by atoms with Gasteiger partial charge in [0.2, 0.25) is 9.05 Å². The van der Waals surface area contributed by atoms with Crippen molar-refractivity contribution >= 4 is 31.8 Å². The lowest BCUT2D eigenvalue weighted by atomic mass is 10.2. The van der Waals surface area contributed by atoms with E-state index in [9.17, 15) is 18.0 Å². The SMILES string of the molecule is O=C(CCCS(=O)(=O)Cl)ONC(=O)OCc1ccccc1. The predicted molar refractivity (Wildman–Crippen MR) is 74.7 cm³/mol. The van der Waals surface area contributed by atoms with Crippen molar-refractivity contribution in [2.75, 3.05) is 5.75 Å². The maximum absolute atomic E-state index is 11.2. The number of hydroxylamine groups is 1. The molecule has 21 heavy (non-hydrogen) atoms. The van der Waals surface area contributed by atoms with Crippen LogP contribution in [-0.2, 0) is 30.0 Å². The van der Waals surface area contributed by atoms with Crippen molar-refractivity contribution in [1.29, 1.82) is 0 Å². The molecule has 9 heteroatoms. The molecule has 0 aliphatic rings. The summed E-state index contributed by atoms with van der Waals surface area (Å²) in [4.78, 5) is 26.8. The average molecular weight is 336 g/mol. The molecule has 1 amide bonds. The van der Waals surface area contributed by atoms with Crippen LogP contribution in [0.25, 0.3) is 0 Å². The highest BCUT2D eigenvalue weighted by atomic mass is 35.7. The number of hydrogen-bond donors (Lipinski definition) is 1. The number of benzene rings is 1. The third-order valence-electron chi connectivity index (χ3n) is 2.23. The summed E-state index contributed by atoms with van der Waals surface area (Å²) in [5, 5.41) is 0. The first-order valence-electron chi connectivity index (χ1n) is 5.95. The Morgan fingerprint density at radius 2 is 1.86 bits per heavy atom. The van der Waals surface area contributed by atoms with Gasteiger partial charge in [0.1, 0.15) is 6.61 Å². The summed E-state index contributed by atoms with van der Waals surface area (Å²) in [6.45, 7) is 0.0364. The number of hydrogen-bond acceptors (Lipinski definition) is 6. The zero-order valence-electron chi connectivity index (χ0n) is 11.0. The molecule has 1 rings (SSSR count). The molecule has 0 aliphatic heterocycles. The lowest BCUT2D eigenvalue weighted by Gasteiger charge is -2.06. The van der Waals surface area contributed by atoms with E-state index in [-0.39, 0.29) is 25.2 Å². The first-order valence-corrected chi connectivity index (χ1v) is 8.43. The third kappa shape index (κ3) is 8.87. The van der Waals surface area contributed by atoms with Gasteiger partial charge in [-0.25, -0.2) is 18.0 Å². The fourth-order valence-corrected chi connectivity index (χ4v) is 2.11. The summed E-state index contributed by atoms with van der Waals surface area (Å²) < 4.78 is 26.0. The van der Waals surface area contributed by atoms with E-state index < -0.39 is 21.1 Å². The lowest BCUT2D eigenvalue weighted by Crippen LogP contribution is -2.27. The maximum Gasteiger partial charge on any atom is 0.441 e. The van der Waals surface area contributed by atoms with Gasteiger partial charge in [0.15, 0.2) is 0 Å². The number of ether oxygens (including phenoxy) is 1. The smallest absolute Gasteiger partial charge is 0.441 e. The number of nitrogens with one attached hydrogen (secondary N) is 1. The number of halogens is 1. The minimum atomic E-state index is -3.64. The summed E-state index contributed by atoms with van der Waals surface area (Å²) in [5.74, 6) is -1.13. The van der Waals surface area contributed by atoms with E-state index in [1.54, 1.807) is 24.3 Å². The summed E-state index contributed by atoms with van der Waals surface area (Å²) in [6, 6.07) is 8.95. The molecule has 0 heterocycles. The fraction of sp³-hybridized carbons (Fsp3) is 0.333. The molecule has 0 aromatic heterocycles. The molecule has 0 unspecified atom stereocenters. The van der Waals surface area contributed by atoms with Crippen LogP contribution < -0.4 is 5.48 Å². The zero-order chi connectivity index (χ0) is 15.7. The topological polar surface area (TPSA) is 98.8 Å². The first-order chi connectivity index (χ1) is 9.87. The molecule has 0 saturated heterocycles. The van der Waals surface area contributed by atoms with Gasteiger partial charge < -0.3 is 9.57 Å². The Morgan fingerprint density at radius 1 is 1.19 bits per heavy atom. The molecule has 0 bridgehead atoms. The van der Waals surface area contributed by atoms with Gasteiger partial charge >= 0.3 is 12.1 Å². The molecule has 0 radical (unpaired) electrons. The van der Waals surface area contributed by atoms with E-state index in [1.165, 1.54) is 0 Å². The van der Waals surface area contributed by atoms with Gasteiger partial charge in [-0.2, -0.15) is 0 Å². The molecule has 0 fully saturated rings. The molecule has 116 valence electrons. The minimum absolute atomic E-state index is 0.00537. The van der Waals surface area contributed by atoms with Crippen LogP contribution in [0.5, 0.6) is 0 Å². The zero-order valence-corrected chi connectivity index (χ0v) is 12.5. The van der Waals surface area contributed by atoms with E-state index in [2.05, 4.69) is 4.84 Å². The second-order valence-corrected chi connectivity index (χ2v) is 6.88. The van der Waals surface area contributed by atoms with Crippen molar-refractivity contribution in [3.8, 4) is 0 Å².